The lowest BCUT2D eigenvalue weighted by atomic mass is 10.0. The van der Waals surface area contributed by atoms with E-state index in [1.165, 1.54) is 0 Å². The Bertz CT molecular complexity index is 263. The van der Waals surface area contributed by atoms with Gasteiger partial charge in [0.15, 0.2) is 5.60 Å². The smallest absolute Gasteiger partial charge is 0.338 e. The normalized spacial score (nSPS) is 32.5. The average molecular weight is 187 g/mol. The number of carboxylic acid groups (broad SMARTS) is 1. The van der Waals surface area contributed by atoms with Gasteiger partial charge in [0, 0.05) is 11.3 Å². The summed E-state index contributed by atoms with van der Waals surface area (Å²) in [6.45, 7) is -0.208. The maximum absolute atomic E-state index is 10.5. The van der Waals surface area contributed by atoms with Crippen molar-refractivity contribution in [3.8, 4) is 0 Å². The van der Waals surface area contributed by atoms with Crippen molar-refractivity contribution in [2.24, 2.45) is 5.11 Å². The third-order valence-corrected chi connectivity index (χ3v) is 1.87. The van der Waals surface area contributed by atoms with Gasteiger partial charge >= 0.3 is 5.97 Å². The Balaban J connectivity index is 2.53. The van der Waals surface area contributed by atoms with Crippen LogP contribution in [0.25, 0.3) is 10.4 Å². The van der Waals surface area contributed by atoms with Crippen LogP contribution in [0, 0.1) is 0 Å². The van der Waals surface area contributed by atoms with Crippen molar-refractivity contribution >= 4 is 5.97 Å². The Labute approximate surface area is 73.6 Å². The highest BCUT2D eigenvalue weighted by Gasteiger charge is 2.44. The van der Waals surface area contributed by atoms with Crippen molar-refractivity contribution in [1.82, 2.24) is 0 Å². The fourth-order valence-electron chi connectivity index (χ4n) is 1.14. The fourth-order valence-corrected chi connectivity index (χ4v) is 1.14. The molecule has 13 heavy (non-hydrogen) atoms. The summed E-state index contributed by atoms with van der Waals surface area (Å²) >= 11 is 0. The Kier molecular flexibility index (Phi) is 2.72. The molecule has 2 N–H and O–H groups in total. The van der Waals surface area contributed by atoms with E-state index in [4.69, 9.17) is 15.4 Å². The van der Waals surface area contributed by atoms with Crippen molar-refractivity contribution in [2.45, 2.75) is 18.1 Å². The van der Waals surface area contributed by atoms with E-state index in [0.29, 0.717) is 0 Å². The number of rotatable bonds is 3. The third-order valence-electron chi connectivity index (χ3n) is 1.87. The summed E-state index contributed by atoms with van der Waals surface area (Å²) in [6, 6.07) is 0. The molecule has 0 radical (unpaired) electrons. The minimum Gasteiger partial charge on any atom is -0.479 e. The molecule has 1 aliphatic heterocycles. The van der Waals surface area contributed by atoms with Gasteiger partial charge in [-0.3, -0.25) is 0 Å². The highest BCUT2D eigenvalue weighted by molar-refractivity contribution is 5.77. The first-order valence-corrected chi connectivity index (χ1v) is 3.67. The zero-order chi connectivity index (χ0) is 9.90. The van der Waals surface area contributed by atoms with E-state index in [9.17, 15) is 9.90 Å². The lowest BCUT2D eigenvalue weighted by molar-refractivity contribution is -0.158. The third kappa shape index (κ3) is 2.09. The van der Waals surface area contributed by atoms with Crippen LogP contribution in [0.15, 0.2) is 5.11 Å². The van der Waals surface area contributed by atoms with Gasteiger partial charge < -0.3 is 14.9 Å². The molecule has 1 fully saturated rings. The van der Waals surface area contributed by atoms with Gasteiger partial charge in [-0.05, 0) is 5.53 Å². The zero-order valence-corrected chi connectivity index (χ0v) is 6.75. The van der Waals surface area contributed by atoms with E-state index in [2.05, 4.69) is 10.0 Å². The summed E-state index contributed by atoms with van der Waals surface area (Å²) in [5, 5.41) is 21.2. The monoisotopic (exact) mass is 187 g/mol. The minimum absolute atomic E-state index is 0.0403. The standard InChI is InChI=1S/C6H9N3O4/c7-9-8-2-4-1-6(12,3-13-4)5(10)11/h4,12H,1-3H2,(H,10,11)/t4-,6+/m0/s1. The second kappa shape index (κ2) is 3.61. The van der Waals surface area contributed by atoms with Crippen LogP contribution in [-0.4, -0.2) is 41.0 Å². The summed E-state index contributed by atoms with van der Waals surface area (Å²) in [4.78, 5) is 13.0. The molecular weight excluding hydrogens is 178 g/mol. The molecule has 1 heterocycles. The number of azide groups is 1. The minimum atomic E-state index is -1.82. The van der Waals surface area contributed by atoms with Crippen LogP contribution < -0.4 is 0 Å². The summed E-state index contributed by atoms with van der Waals surface area (Å²) in [7, 11) is 0. The average Bonchev–Trinajstić information content (AvgIpc) is 2.45. The van der Waals surface area contributed by atoms with Crippen molar-refractivity contribution in [3.63, 3.8) is 0 Å². The molecule has 72 valence electrons. The Hall–Kier alpha value is -1.30. The molecule has 0 amide bonds. The molecule has 7 nitrogen and oxygen atoms in total. The molecule has 0 aromatic rings. The summed E-state index contributed by atoms with van der Waals surface area (Å²) in [5.74, 6) is -1.31. The first kappa shape index (κ1) is 9.79. The van der Waals surface area contributed by atoms with E-state index in [0.717, 1.165) is 0 Å². The van der Waals surface area contributed by atoms with Gasteiger partial charge in [0.2, 0.25) is 0 Å². The molecule has 1 rings (SSSR count). The molecule has 1 saturated heterocycles. The number of aliphatic carboxylic acids is 1. The predicted octanol–water partition coefficient (Wildman–Crippen LogP) is -0.0987. The topological polar surface area (TPSA) is 116 Å². The fraction of sp³-hybridized carbons (Fsp3) is 0.833. The van der Waals surface area contributed by atoms with Crippen molar-refractivity contribution in [2.75, 3.05) is 13.2 Å². The highest BCUT2D eigenvalue weighted by atomic mass is 16.5. The number of carboxylic acids is 1. The lowest BCUT2D eigenvalue weighted by Crippen LogP contribution is -2.39. The Morgan fingerprint density at radius 1 is 1.85 bits per heavy atom. The van der Waals surface area contributed by atoms with Crippen LogP contribution in [0.5, 0.6) is 0 Å². The summed E-state index contributed by atoms with van der Waals surface area (Å²) < 4.78 is 4.94. The quantitative estimate of drug-likeness (QED) is 0.364. The lowest BCUT2D eigenvalue weighted by Gasteiger charge is -2.13. The number of aliphatic hydroxyl groups is 1. The number of nitrogens with zero attached hydrogens (tertiary/aromatic N) is 3. The van der Waals surface area contributed by atoms with E-state index in [1.807, 2.05) is 0 Å². The first-order valence-electron chi connectivity index (χ1n) is 3.67. The molecule has 0 aromatic carbocycles. The van der Waals surface area contributed by atoms with Gasteiger partial charge in [0.25, 0.3) is 0 Å². The molecule has 0 bridgehead atoms. The number of hydrogen-bond donors (Lipinski definition) is 2. The maximum Gasteiger partial charge on any atom is 0.338 e. The second-order valence-corrected chi connectivity index (χ2v) is 2.89. The van der Waals surface area contributed by atoms with E-state index < -0.39 is 17.7 Å². The van der Waals surface area contributed by atoms with Crippen LogP contribution >= 0.6 is 0 Å². The predicted molar refractivity (Wildman–Crippen MR) is 41.0 cm³/mol. The molecule has 0 aromatic heterocycles. The Morgan fingerprint density at radius 2 is 2.54 bits per heavy atom. The molecule has 1 aliphatic rings. The Morgan fingerprint density at radius 3 is 3.00 bits per heavy atom. The number of carbonyl (C=O) groups is 1. The van der Waals surface area contributed by atoms with Crippen molar-refractivity contribution < 1.29 is 19.7 Å². The molecule has 0 saturated carbocycles. The van der Waals surface area contributed by atoms with Gasteiger partial charge in [-0.25, -0.2) is 4.79 Å². The maximum atomic E-state index is 10.5. The van der Waals surface area contributed by atoms with Crippen LogP contribution in [-0.2, 0) is 9.53 Å². The highest BCUT2D eigenvalue weighted by Crippen LogP contribution is 2.24. The van der Waals surface area contributed by atoms with Gasteiger partial charge in [0.1, 0.15) is 0 Å². The molecule has 0 aliphatic carbocycles. The second-order valence-electron chi connectivity index (χ2n) is 2.89. The molecule has 0 spiro atoms. The molecule has 2 atom stereocenters. The SMILES string of the molecule is [N-]=[N+]=NC[C@@H]1C[C@](O)(C(=O)O)CO1. The van der Waals surface area contributed by atoms with Crippen LogP contribution in [0.2, 0.25) is 0 Å². The molecule has 0 unspecified atom stereocenters. The molecular formula is C6H9N3O4. The van der Waals surface area contributed by atoms with Gasteiger partial charge in [-0.15, -0.1) is 0 Å². The van der Waals surface area contributed by atoms with E-state index >= 15 is 0 Å². The first-order chi connectivity index (χ1) is 6.08. The van der Waals surface area contributed by atoms with Gasteiger partial charge in [-0.1, -0.05) is 5.11 Å². The van der Waals surface area contributed by atoms with E-state index in [1.54, 1.807) is 0 Å². The number of ether oxygens (including phenoxy) is 1. The van der Waals surface area contributed by atoms with Gasteiger partial charge in [0.05, 0.1) is 19.3 Å². The summed E-state index contributed by atoms with van der Waals surface area (Å²) in [5.41, 5.74) is 6.17. The number of hydrogen-bond acceptors (Lipinski definition) is 4. The summed E-state index contributed by atoms with van der Waals surface area (Å²) in [6.07, 6.45) is -0.543. The zero-order valence-electron chi connectivity index (χ0n) is 6.75. The molecule has 7 heteroatoms. The van der Waals surface area contributed by atoms with Crippen LogP contribution in [0.3, 0.4) is 0 Å². The van der Waals surface area contributed by atoms with Gasteiger partial charge in [-0.2, -0.15) is 0 Å². The van der Waals surface area contributed by atoms with Crippen LogP contribution in [0.4, 0.5) is 0 Å². The van der Waals surface area contributed by atoms with Crippen LogP contribution in [0.1, 0.15) is 6.42 Å². The largest absolute Gasteiger partial charge is 0.479 e. The van der Waals surface area contributed by atoms with E-state index in [-0.39, 0.29) is 19.6 Å². The van der Waals surface area contributed by atoms with Crippen molar-refractivity contribution in [1.29, 1.82) is 0 Å². The van der Waals surface area contributed by atoms with Crippen molar-refractivity contribution in [3.05, 3.63) is 10.4 Å².